The molecule has 40 heavy (non-hydrogen) atoms. The van der Waals surface area contributed by atoms with E-state index in [0.29, 0.717) is 6.42 Å². The van der Waals surface area contributed by atoms with Crippen molar-refractivity contribution >= 4 is 23.7 Å². The van der Waals surface area contributed by atoms with Crippen molar-refractivity contribution in [2.45, 2.75) is 31.8 Å². The quantitative estimate of drug-likeness (QED) is 0.172. The van der Waals surface area contributed by atoms with Crippen LogP contribution in [0, 0.1) is 13.8 Å². The molecular formula is C33H37N5OS. The minimum Gasteiger partial charge on any atom is -0.340 e. The van der Waals surface area contributed by atoms with Crippen LogP contribution in [0.1, 0.15) is 29.5 Å². The van der Waals surface area contributed by atoms with Gasteiger partial charge in [0.1, 0.15) is 0 Å². The standard InChI is InChI=1S/C33H37N5OS/c1-26-12-16-29(17-13-26)32-34-35-33(38(32)30-18-14-27(2)15-19-30)40-25-7-11-31(39)37-23-21-36(22-24-37)20-6-10-28-8-4-3-5-9-28/h3-6,8-10,12-19H,7,11,20-25H2,1-2H3. The Hall–Kier alpha value is -3.68. The summed E-state index contributed by atoms with van der Waals surface area (Å²) >= 11 is 1.66. The van der Waals surface area contributed by atoms with Crippen molar-refractivity contribution in [1.29, 1.82) is 0 Å². The number of piperazine rings is 1. The van der Waals surface area contributed by atoms with Crippen LogP contribution in [0.4, 0.5) is 0 Å². The fraction of sp³-hybridized carbons (Fsp3) is 0.303. The fourth-order valence-electron chi connectivity index (χ4n) is 4.81. The van der Waals surface area contributed by atoms with Gasteiger partial charge in [-0.3, -0.25) is 14.3 Å². The number of thioether (sulfide) groups is 1. The molecule has 3 aromatic carbocycles. The van der Waals surface area contributed by atoms with Gasteiger partial charge in [-0.1, -0.05) is 102 Å². The highest BCUT2D eigenvalue weighted by Gasteiger charge is 2.21. The van der Waals surface area contributed by atoms with Gasteiger partial charge in [0.15, 0.2) is 11.0 Å². The summed E-state index contributed by atoms with van der Waals surface area (Å²) in [6.45, 7) is 8.52. The van der Waals surface area contributed by atoms with Gasteiger partial charge in [-0.05, 0) is 38.0 Å². The van der Waals surface area contributed by atoms with Crippen molar-refractivity contribution in [3.05, 3.63) is 102 Å². The van der Waals surface area contributed by atoms with E-state index in [1.54, 1.807) is 11.8 Å². The van der Waals surface area contributed by atoms with Crippen molar-refractivity contribution < 1.29 is 4.79 Å². The van der Waals surface area contributed by atoms with Crippen LogP contribution in [0.2, 0.25) is 0 Å². The molecule has 0 atom stereocenters. The lowest BCUT2D eigenvalue weighted by Crippen LogP contribution is -2.48. The molecule has 1 aliphatic rings. The Labute approximate surface area is 241 Å². The van der Waals surface area contributed by atoms with E-state index in [4.69, 9.17) is 0 Å². The predicted octanol–water partition coefficient (Wildman–Crippen LogP) is 6.28. The van der Waals surface area contributed by atoms with E-state index >= 15 is 0 Å². The van der Waals surface area contributed by atoms with Crippen LogP contribution < -0.4 is 0 Å². The van der Waals surface area contributed by atoms with Crippen molar-refractivity contribution in [3.8, 4) is 17.1 Å². The molecule has 4 aromatic rings. The molecule has 7 heteroatoms. The van der Waals surface area contributed by atoms with Gasteiger partial charge in [0, 0.05) is 56.1 Å². The first-order valence-corrected chi connectivity index (χ1v) is 15.0. The molecule has 1 aromatic heterocycles. The Morgan fingerprint density at radius 3 is 2.23 bits per heavy atom. The van der Waals surface area contributed by atoms with Crippen LogP contribution >= 0.6 is 11.8 Å². The maximum Gasteiger partial charge on any atom is 0.222 e. The number of aryl methyl sites for hydroxylation is 2. The maximum absolute atomic E-state index is 12.9. The molecule has 1 saturated heterocycles. The average Bonchev–Trinajstić information content (AvgIpc) is 3.41. The van der Waals surface area contributed by atoms with Gasteiger partial charge in [-0.25, -0.2) is 0 Å². The summed E-state index contributed by atoms with van der Waals surface area (Å²) in [6, 6.07) is 27.2. The Morgan fingerprint density at radius 2 is 1.52 bits per heavy atom. The molecule has 0 aliphatic carbocycles. The van der Waals surface area contributed by atoms with Crippen LogP contribution in [0.5, 0.6) is 0 Å². The highest BCUT2D eigenvalue weighted by molar-refractivity contribution is 7.99. The predicted molar refractivity (Wildman–Crippen MR) is 165 cm³/mol. The van der Waals surface area contributed by atoms with Crippen LogP contribution in [-0.4, -0.2) is 68.9 Å². The Morgan fingerprint density at radius 1 is 0.850 bits per heavy atom. The minimum atomic E-state index is 0.250. The van der Waals surface area contributed by atoms with Crippen LogP contribution in [-0.2, 0) is 4.79 Å². The second kappa shape index (κ2) is 13.6. The third-order valence-corrected chi connectivity index (χ3v) is 8.22. The minimum absolute atomic E-state index is 0.250. The van der Waals surface area contributed by atoms with Gasteiger partial charge in [0.05, 0.1) is 0 Å². The first-order chi connectivity index (χ1) is 19.6. The first-order valence-electron chi connectivity index (χ1n) is 14.0. The van der Waals surface area contributed by atoms with E-state index in [0.717, 1.165) is 67.1 Å². The van der Waals surface area contributed by atoms with Crippen LogP contribution in [0.3, 0.4) is 0 Å². The Balaban J connectivity index is 1.12. The number of hydrogen-bond donors (Lipinski definition) is 0. The molecule has 6 nitrogen and oxygen atoms in total. The fourth-order valence-corrected chi connectivity index (χ4v) is 5.70. The molecular weight excluding hydrogens is 514 g/mol. The van der Waals surface area contributed by atoms with Crippen molar-refractivity contribution in [2.75, 3.05) is 38.5 Å². The summed E-state index contributed by atoms with van der Waals surface area (Å²) < 4.78 is 2.13. The van der Waals surface area contributed by atoms with Crippen molar-refractivity contribution in [1.82, 2.24) is 24.6 Å². The van der Waals surface area contributed by atoms with E-state index < -0.39 is 0 Å². The molecule has 0 saturated carbocycles. The molecule has 1 aliphatic heterocycles. The van der Waals surface area contributed by atoms with Gasteiger partial charge in [0.25, 0.3) is 0 Å². The van der Waals surface area contributed by atoms with Crippen LogP contribution in [0.25, 0.3) is 23.2 Å². The summed E-state index contributed by atoms with van der Waals surface area (Å²) in [5.74, 6) is 1.90. The highest BCUT2D eigenvalue weighted by Crippen LogP contribution is 2.29. The molecule has 0 bridgehead atoms. The van der Waals surface area contributed by atoms with E-state index in [1.165, 1.54) is 16.7 Å². The van der Waals surface area contributed by atoms with Gasteiger partial charge >= 0.3 is 0 Å². The molecule has 5 rings (SSSR count). The number of hydrogen-bond acceptors (Lipinski definition) is 5. The highest BCUT2D eigenvalue weighted by atomic mass is 32.2. The zero-order chi connectivity index (χ0) is 27.7. The first kappa shape index (κ1) is 27.9. The molecule has 0 N–H and O–H groups in total. The lowest BCUT2D eigenvalue weighted by molar-refractivity contribution is -0.132. The molecule has 1 fully saturated rings. The van der Waals surface area contributed by atoms with E-state index in [2.05, 4.69) is 118 Å². The maximum atomic E-state index is 12.9. The monoisotopic (exact) mass is 551 g/mol. The third-order valence-electron chi connectivity index (χ3n) is 7.20. The Kier molecular flexibility index (Phi) is 9.47. The smallest absolute Gasteiger partial charge is 0.222 e. The summed E-state index contributed by atoms with van der Waals surface area (Å²) in [5.41, 5.74) is 5.73. The summed E-state index contributed by atoms with van der Waals surface area (Å²) in [7, 11) is 0. The van der Waals surface area contributed by atoms with Gasteiger partial charge < -0.3 is 4.90 Å². The number of amides is 1. The summed E-state index contributed by atoms with van der Waals surface area (Å²) in [4.78, 5) is 17.3. The number of carbonyl (C=O) groups is 1. The van der Waals surface area contributed by atoms with Crippen LogP contribution in [0.15, 0.2) is 90.1 Å². The second-order valence-electron chi connectivity index (χ2n) is 10.3. The normalized spacial score (nSPS) is 14.2. The lowest BCUT2D eigenvalue weighted by atomic mass is 10.1. The Bertz CT molecular complexity index is 1410. The average molecular weight is 552 g/mol. The van der Waals surface area contributed by atoms with Gasteiger partial charge in [-0.15, -0.1) is 10.2 Å². The second-order valence-corrected chi connectivity index (χ2v) is 11.4. The molecule has 206 valence electrons. The summed E-state index contributed by atoms with van der Waals surface area (Å²) in [5, 5.41) is 9.95. The zero-order valence-corrected chi connectivity index (χ0v) is 24.2. The third kappa shape index (κ3) is 7.29. The van der Waals surface area contributed by atoms with E-state index in [-0.39, 0.29) is 5.91 Å². The van der Waals surface area contributed by atoms with Crippen molar-refractivity contribution in [3.63, 3.8) is 0 Å². The molecule has 1 amide bonds. The lowest BCUT2D eigenvalue weighted by Gasteiger charge is -2.34. The topological polar surface area (TPSA) is 54.3 Å². The number of carbonyl (C=O) groups excluding carboxylic acids is 1. The molecule has 0 radical (unpaired) electrons. The molecule has 0 unspecified atom stereocenters. The van der Waals surface area contributed by atoms with Gasteiger partial charge in [-0.2, -0.15) is 0 Å². The number of aromatic nitrogens is 3. The molecule has 0 spiro atoms. The number of nitrogens with zero attached hydrogens (tertiary/aromatic N) is 5. The van der Waals surface area contributed by atoms with E-state index in [9.17, 15) is 4.79 Å². The summed E-state index contributed by atoms with van der Waals surface area (Å²) in [6.07, 6.45) is 5.75. The zero-order valence-electron chi connectivity index (χ0n) is 23.4. The number of benzene rings is 3. The largest absolute Gasteiger partial charge is 0.340 e. The van der Waals surface area contributed by atoms with E-state index in [1.807, 2.05) is 11.0 Å². The number of rotatable bonds is 10. The molecule has 2 heterocycles. The SMILES string of the molecule is Cc1ccc(-c2nnc(SCCCC(=O)N3CCN(CC=Cc4ccccc4)CC3)n2-c2ccc(C)cc2)cc1. The van der Waals surface area contributed by atoms with Crippen molar-refractivity contribution in [2.24, 2.45) is 0 Å². The van der Waals surface area contributed by atoms with Gasteiger partial charge in [0.2, 0.25) is 5.91 Å².